The van der Waals surface area contributed by atoms with Gasteiger partial charge >= 0.3 is 0 Å². The van der Waals surface area contributed by atoms with E-state index in [0.717, 1.165) is 18.5 Å². The largest absolute Gasteiger partial charge is 0.305 e. The summed E-state index contributed by atoms with van der Waals surface area (Å²) in [4.78, 5) is 2.26. The number of hydrogen-bond acceptors (Lipinski definition) is 5. The third-order valence-corrected chi connectivity index (χ3v) is 5.99. The number of nitriles is 3. The second-order valence-electron chi connectivity index (χ2n) is 7.07. The molecular formula is C21H20ClN5. The number of rotatable bonds is 3. The quantitative estimate of drug-likeness (QED) is 0.807. The fourth-order valence-electron chi connectivity index (χ4n) is 4.43. The minimum absolute atomic E-state index is 0.133. The van der Waals surface area contributed by atoms with Crippen LogP contribution in [0.4, 0.5) is 0 Å². The van der Waals surface area contributed by atoms with Gasteiger partial charge in [0.2, 0.25) is 5.41 Å². The van der Waals surface area contributed by atoms with Gasteiger partial charge in [-0.25, -0.2) is 0 Å². The van der Waals surface area contributed by atoms with Crippen LogP contribution in [0.5, 0.6) is 0 Å². The molecule has 0 spiro atoms. The average Bonchev–Trinajstić information content (AvgIpc) is 2.69. The zero-order chi connectivity index (χ0) is 19.6. The molecule has 1 saturated carbocycles. The minimum atomic E-state index is -1.67. The van der Waals surface area contributed by atoms with Gasteiger partial charge in [0, 0.05) is 29.9 Å². The van der Waals surface area contributed by atoms with Crippen molar-refractivity contribution in [1.29, 1.82) is 21.2 Å². The van der Waals surface area contributed by atoms with Crippen molar-refractivity contribution in [3.05, 3.63) is 46.5 Å². The summed E-state index contributed by atoms with van der Waals surface area (Å²) in [6.45, 7) is 4.29. The number of benzene rings is 1. The summed E-state index contributed by atoms with van der Waals surface area (Å²) in [6, 6.07) is 13.7. The van der Waals surface area contributed by atoms with Crippen molar-refractivity contribution in [1.82, 2.24) is 4.90 Å². The SMILES string of the molecule is CCCN1CC=C2[C@@H](C1)[C@H](c1ccccc1Cl)[C@H](C#N)C(=N)C2(C#N)C#N. The standard InChI is InChI=1S/C21H20ClN5/c1-2-8-27-9-7-17-16(11-27)19(14-5-3-4-6-18(14)22)15(10-23)20(26)21(17,12-24)13-25/h3-7,15-16,19,26H,2,8-9,11H2,1H3/t15-,16+,19+/m0/s1. The molecule has 0 bridgehead atoms. The van der Waals surface area contributed by atoms with Gasteiger partial charge in [0.05, 0.1) is 29.8 Å². The lowest BCUT2D eigenvalue weighted by atomic mass is 9.55. The molecule has 5 nitrogen and oxygen atoms in total. The average molecular weight is 378 g/mol. The number of fused-ring (bicyclic) bond motifs is 1. The monoisotopic (exact) mass is 377 g/mol. The van der Waals surface area contributed by atoms with Crippen molar-refractivity contribution in [3.63, 3.8) is 0 Å². The maximum absolute atomic E-state index is 9.88. The van der Waals surface area contributed by atoms with E-state index < -0.39 is 11.3 Å². The molecular weight excluding hydrogens is 358 g/mol. The summed E-state index contributed by atoms with van der Waals surface area (Å²) in [6.07, 6.45) is 2.91. The molecule has 1 N–H and O–H groups in total. The van der Waals surface area contributed by atoms with Gasteiger partial charge in [0.15, 0.2) is 0 Å². The zero-order valence-electron chi connectivity index (χ0n) is 15.1. The highest BCUT2D eigenvalue weighted by molar-refractivity contribution is 6.31. The van der Waals surface area contributed by atoms with Crippen molar-refractivity contribution >= 4 is 17.3 Å². The predicted octanol–water partition coefficient (Wildman–Crippen LogP) is 3.90. The smallest absolute Gasteiger partial charge is 0.203 e. The van der Waals surface area contributed by atoms with E-state index in [4.69, 9.17) is 17.0 Å². The van der Waals surface area contributed by atoms with Gasteiger partial charge in [0.1, 0.15) is 0 Å². The van der Waals surface area contributed by atoms with Crippen LogP contribution in [0, 0.1) is 56.7 Å². The second kappa shape index (κ2) is 7.53. The molecule has 0 aromatic heterocycles. The van der Waals surface area contributed by atoms with E-state index in [9.17, 15) is 15.8 Å². The molecule has 1 aromatic rings. The van der Waals surface area contributed by atoms with Gasteiger partial charge in [-0.3, -0.25) is 4.90 Å². The fraction of sp³-hybridized carbons (Fsp3) is 0.429. The Morgan fingerprint density at radius 1 is 1.26 bits per heavy atom. The van der Waals surface area contributed by atoms with E-state index in [1.807, 2.05) is 24.3 Å². The third-order valence-electron chi connectivity index (χ3n) is 5.64. The van der Waals surface area contributed by atoms with Crippen LogP contribution < -0.4 is 0 Å². The summed E-state index contributed by atoms with van der Waals surface area (Å²) in [5.74, 6) is -1.42. The van der Waals surface area contributed by atoms with Gasteiger partial charge in [-0.15, -0.1) is 0 Å². The molecule has 1 aromatic carbocycles. The molecule has 1 aliphatic carbocycles. The van der Waals surface area contributed by atoms with E-state index in [1.165, 1.54) is 0 Å². The Kier molecular flexibility index (Phi) is 5.33. The van der Waals surface area contributed by atoms with E-state index in [-0.39, 0.29) is 17.5 Å². The minimum Gasteiger partial charge on any atom is -0.305 e. The first-order chi connectivity index (χ1) is 13.0. The van der Waals surface area contributed by atoms with E-state index in [0.29, 0.717) is 23.7 Å². The summed E-state index contributed by atoms with van der Waals surface area (Å²) in [5, 5.41) is 38.7. The van der Waals surface area contributed by atoms with Crippen LogP contribution in [0.1, 0.15) is 24.8 Å². The van der Waals surface area contributed by atoms with Crippen molar-refractivity contribution in [2.45, 2.75) is 19.3 Å². The maximum atomic E-state index is 9.88. The Morgan fingerprint density at radius 3 is 2.56 bits per heavy atom. The van der Waals surface area contributed by atoms with Crippen molar-refractivity contribution in [2.75, 3.05) is 19.6 Å². The van der Waals surface area contributed by atoms with Gasteiger partial charge in [-0.2, -0.15) is 15.8 Å². The van der Waals surface area contributed by atoms with Crippen molar-refractivity contribution in [2.24, 2.45) is 17.3 Å². The normalized spacial score (nSPS) is 26.9. The Hall–Kier alpha value is -2.65. The first-order valence-corrected chi connectivity index (χ1v) is 9.40. The molecule has 1 aliphatic heterocycles. The molecule has 0 unspecified atom stereocenters. The molecule has 1 fully saturated rings. The summed E-state index contributed by atoms with van der Waals surface area (Å²) in [5.41, 5.74) is -0.344. The van der Waals surface area contributed by atoms with Gasteiger partial charge in [-0.05, 0) is 30.2 Å². The van der Waals surface area contributed by atoms with Gasteiger partial charge in [-0.1, -0.05) is 42.8 Å². The first-order valence-electron chi connectivity index (χ1n) is 9.02. The number of nitrogens with zero attached hydrogens (tertiary/aromatic N) is 4. The molecule has 0 amide bonds. The molecule has 136 valence electrons. The van der Waals surface area contributed by atoms with Gasteiger partial charge in [0.25, 0.3) is 0 Å². The van der Waals surface area contributed by atoms with E-state index >= 15 is 0 Å². The van der Waals surface area contributed by atoms with E-state index in [2.05, 4.69) is 30.0 Å². The molecule has 3 atom stereocenters. The van der Waals surface area contributed by atoms with Crippen LogP contribution in [0.3, 0.4) is 0 Å². The lowest BCUT2D eigenvalue weighted by molar-refractivity contribution is 0.210. The molecule has 3 rings (SSSR count). The van der Waals surface area contributed by atoms with Crippen LogP contribution in [0.25, 0.3) is 0 Å². The Balaban J connectivity index is 2.21. The maximum Gasteiger partial charge on any atom is 0.203 e. The molecule has 6 heteroatoms. The first kappa shape index (κ1) is 19.1. The Morgan fingerprint density at radius 2 is 1.96 bits per heavy atom. The van der Waals surface area contributed by atoms with Crippen LogP contribution in [-0.2, 0) is 0 Å². The number of nitrogens with one attached hydrogen (secondary N) is 1. The molecule has 0 saturated heterocycles. The summed E-state index contributed by atoms with van der Waals surface area (Å²) >= 11 is 6.45. The molecule has 27 heavy (non-hydrogen) atoms. The second-order valence-corrected chi connectivity index (χ2v) is 7.47. The molecule has 0 radical (unpaired) electrons. The van der Waals surface area contributed by atoms with Crippen LogP contribution in [0.15, 0.2) is 35.9 Å². The lowest BCUT2D eigenvalue weighted by Crippen LogP contribution is -2.52. The predicted molar refractivity (Wildman–Crippen MR) is 103 cm³/mol. The summed E-state index contributed by atoms with van der Waals surface area (Å²) < 4.78 is 0. The highest BCUT2D eigenvalue weighted by Gasteiger charge is 2.56. The topological polar surface area (TPSA) is 98.5 Å². The number of halogens is 1. The zero-order valence-corrected chi connectivity index (χ0v) is 15.9. The highest BCUT2D eigenvalue weighted by Crippen LogP contribution is 2.53. The number of hydrogen-bond donors (Lipinski definition) is 1. The van der Waals surface area contributed by atoms with Crippen LogP contribution in [0.2, 0.25) is 5.02 Å². The molecule has 1 heterocycles. The van der Waals surface area contributed by atoms with Crippen molar-refractivity contribution < 1.29 is 0 Å². The lowest BCUT2D eigenvalue weighted by Gasteiger charge is -2.47. The highest BCUT2D eigenvalue weighted by atomic mass is 35.5. The third kappa shape index (κ3) is 2.92. The van der Waals surface area contributed by atoms with Gasteiger partial charge < -0.3 is 5.41 Å². The summed E-state index contributed by atoms with van der Waals surface area (Å²) in [7, 11) is 0. The molecule has 2 aliphatic rings. The fourth-order valence-corrected chi connectivity index (χ4v) is 4.69. The Bertz CT molecular complexity index is 900. The Labute approximate surface area is 164 Å². The van der Waals surface area contributed by atoms with Crippen LogP contribution in [-0.4, -0.2) is 30.2 Å². The van der Waals surface area contributed by atoms with Crippen LogP contribution >= 0.6 is 11.6 Å². The van der Waals surface area contributed by atoms with E-state index in [1.54, 1.807) is 6.07 Å². The van der Waals surface area contributed by atoms with Crippen molar-refractivity contribution in [3.8, 4) is 18.2 Å².